The second-order valence-corrected chi connectivity index (χ2v) is 8.13. The van der Waals surface area contributed by atoms with Crippen molar-refractivity contribution in [1.29, 1.82) is 0 Å². The summed E-state index contributed by atoms with van der Waals surface area (Å²) in [5.41, 5.74) is 0. The van der Waals surface area contributed by atoms with Gasteiger partial charge in [0, 0.05) is 24.9 Å². The molecule has 25 heavy (non-hydrogen) atoms. The molecule has 2 aliphatic rings. The van der Waals surface area contributed by atoms with E-state index in [9.17, 15) is 0 Å². The number of rotatable bonds is 7. The first kappa shape index (κ1) is 16.8. The minimum atomic E-state index is 0.599. The van der Waals surface area contributed by atoms with E-state index in [1.54, 1.807) is 11.8 Å². The van der Waals surface area contributed by atoms with Gasteiger partial charge in [-0.15, -0.1) is 10.2 Å². The predicted octanol–water partition coefficient (Wildman–Crippen LogP) is 4.02. The topological polar surface area (TPSA) is 43.2 Å². The van der Waals surface area contributed by atoms with Gasteiger partial charge >= 0.3 is 0 Å². The van der Waals surface area contributed by atoms with Crippen molar-refractivity contribution in [2.45, 2.75) is 43.8 Å². The van der Waals surface area contributed by atoms with Crippen molar-refractivity contribution in [3.63, 3.8) is 0 Å². The Labute approximate surface area is 153 Å². The average Bonchev–Trinajstić information content (AvgIpc) is 3.40. The molecule has 134 valence electrons. The highest BCUT2D eigenvalue weighted by molar-refractivity contribution is 7.99. The molecule has 1 saturated heterocycles. The largest absolute Gasteiger partial charge is 0.493 e. The number of nitrogens with zero attached hydrogens (tertiary/aromatic N) is 4. The fraction of sp³-hybridized carbons (Fsp3) is 0.579. The summed E-state index contributed by atoms with van der Waals surface area (Å²) in [6.45, 7) is 5.24. The van der Waals surface area contributed by atoms with E-state index < -0.39 is 0 Å². The van der Waals surface area contributed by atoms with Crippen molar-refractivity contribution in [3.8, 4) is 5.75 Å². The van der Waals surface area contributed by atoms with Gasteiger partial charge in [0.25, 0.3) is 0 Å². The molecule has 1 saturated carbocycles. The molecule has 0 atom stereocenters. The third-order valence-electron chi connectivity index (χ3n) is 4.95. The minimum absolute atomic E-state index is 0.599. The van der Waals surface area contributed by atoms with Crippen molar-refractivity contribution in [3.05, 3.63) is 30.3 Å². The summed E-state index contributed by atoms with van der Waals surface area (Å²) >= 11 is 1.76. The molecule has 1 aromatic carbocycles. The Bertz CT molecular complexity index is 678. The Morgan fingerprint density at radius 3 is 2.56 bits per heavy atom. The second kappa shape index (κ2) is 7.68. The molecule has 0 radical (unpaired) electrons. The van der Waals surface area contributed by atoms with E-state index >= 15 is 0 Å². The van der Waals surface area contributed by atoms with E-state index in [0.29, 0.717) is 12.6 Å². The highest BCUT2D eigenvalue weighted by atomic mass is 32.2. The Kier molecular flexibility index (Phi) is 5.15. The van der Waals surface area contributed by atoms with Gasteiger partial charge in [0.2, 0.25) is 5.95 Å². The monoisotopic (exact) mass is 358 g/mol. The van der Waals surface area contributed by atoms with Gasteiger partial charge in [0.15, 0.2) is 5.16 Å². The highest BCUT2D eigenvalue weighted by Gasteiger charge is 2.32. The van der Waals surface area contributed by atoms with Gasteiger partial charge in [-0.2, -0.15) is 0 Å². The number of hydrogen-bond acceptors (Lipinski definition) is 5. The van der Waals surface area contributed by atoms with Crippen molar-refractivity contribution in [2.75, 3.05) is 30.3 Å². The molecular weight excluding hydrogens is 332 g/mol. The SMILES string of the molecule is CC1CCN(c2nnc(SCCOc3ccccc3)n2C2CC2)CC1. The molecule has 0 spiro atoms. The maximum atomic E-state index is 5.79. The number of hydrogen-bond donors (Lipinski definition) is 0. The van der Waals surface area contributed by atoms with E-state index in [1.165, 1.54) is 25.7 Å². The van der Waals surface area contributed by atoms with E-state index in [2.05, 4.69) is 26.6 Å². The highest BCUT2D eigenvalue weighted by Crippen LogP contribution is 2.41. The van der Waals surface area contributed by atoms with Gasteiger partial charge in [-0.1, -0.05) is 36.9 Å². The molecule has 5 nitrogen and oxygen atoms in total. The van der Waals surface area contributed by atoms with Crippen molar-refractivity contribution >= 4 is 17.7 Å². The summed E-state index contributed by atoms with van der Waals surface area (Å²) in [6.07, 6.45) is 5.02. The molecular formula is C19H26N4OS. The van der Waals surface area contributed by atoms with Crippen molar-refractivity contribution in [2.24, 2.45) is 5.92 Å². The lowest BCUT2D eigenvalue weighted by molar-refractivity contribution is 0.344. The smallest absolute Gasteiger partial charge is 0.228 e. The normalized spacial score (nSPS) is 18.5. The number of piperidine rings is 1. The molecule has 0 N–H and O–H groups in total. The molecule has 2 fully saturated rings. The molecule has 4 rings (SSSR count). The molecule has 1 aliphatic carbocycles. The Morgan fingerprint density at radius 2 is 1.84 bits per heavy atom. The molecule has 0 amide bonds. The first-order valence-corrected chi connectivity index (χ1v) is 10.3. The zero-order valence-electron chi connectivity index (χ0n) is 14.8. The molecule has 1 aliphatic heterocycles. The van der Waals surface area contributed by atoms with E-state index in [-0.39, 0.29) is 0 Å². The van der Waals surface area contributed by atoms with Crippen LogP contribution in [0.15, 0.2) is 35.5 Å². The summed E-state index contributed by atoms with van der Waals surface area (Å²) in [5, 5.41) is 10.1. The summed E-state index contributed by atoms with van der Waals surface area (Å²) in [7, 11) is 0. The van der Waals surface area contributed by atoms with Crippen molar-refractivity contribution in [1.82, 2.24) is 14.8 Å². The van der Waals surface area contributed by atoms with Gasteiger partial charge in [-0.25, -0.2) is 0 Å². The predicted molar refractivity (Wildman–Crippen MR) is 102 cm³/mol. The summed E-state index contributed by atoms with van der Waals surface area (Å²) < 4.78 is 8.17. The van der Waals surface area contributed by atoms with Crippen LogP contribution in [0.5, 0.6) is 5.75 Å². The number of ether oxygens (including phenoxy) is 1. The van der Waals surface area contributed by atoms with Gasteiger partial charge in [-0.3, -0.25) is 4.57 Å². The van der Waals surface area contributed by atoms with E-state index in [0.717, 1.165) is 41.6 Å². The molecule has 2 aromatic rings. The zero-order valence-corrected chi connectivity index (χ0v) is 15.6. The van der Waals surface area contributed by atoms with Crippen LogP contribution >= 0.6 is 11.8 Å². The minimum Gasteiger partial charge on any atom is -0.493 e. The van der Waals surface area contributed by atoms with Crippen LogP contribution in [0.25, 0.3) is 0 Å². The van der Waals surface area contributed by atoms with Gasteiger partial charge < -0.3 is 9.64 Å². The average molecular weight is 359 g/mol. The van der Waals surface area contributed by atoms with Crippen LogP contribution in [0.2, 0.25) is 0 Å². The molecule has 0 bridgehead atoms. The summed E-state index contributed by atoms with van der Waals surface area (Å²) in [5.74, 6) is 3.73. The Balaban J connectivity index is 1.37. The van der Waals surface area contributed by atoms with E-state index in [1.807, 2.05) is 30.3 Å². The lowest BCUT2D eigenvalue weighted by Crippen LogP contribution is -2.34. The van der Waals surface area contributed by atoms with Crippen LogP contribution in [0.3, 0.4) is 0 Å². The first-order valence-electron chi connectivity index (χ1n) is 9.32. The second-order valence-electron chi connectivity index (χ2n) is 7.06. The van der Waals surface area contributed by atoms with Crippen LogP contribution in [-0.2, 0) is 0 Å². The fourth-order valence-corrected chi connectivity index (χ4v) is 4.07. The van der Waals surface area contributed by atoms with Crippen LogP contribution in [0, 0.1) is 5.92 Å². The Hall–Kier alpha value is -1.69. The number of benzene rings is 1. The first-order chi connectivity index (χ1) is 12.3. The third kappa shape index (κ3) is 4.11. The molecule has 2 heterocycles. The maximum absolute atomic E-state index is 5.79. The lowest BCUT2D eigenvalue weighted by atomic mass is 10.00. The zero-order chi connectivity index (χ0) is 17.1. The van der Waals surface area contributed by atoms with Crippen LogP contribution in [0.1, 0.15) is 38.6 Å². The van der Waals surface area contributed by atoms with Crippen LogP contribution in [-0.4, -0.2) is 40.2 Å². The van der Waals surface area contributed by atoms with Gasteiger partial charge in [0.05, 0.1) is 6.61 Å². The number of thioether (sulfide) groups is 1. The lowest BCUT2D eigenvalue weighted by Gasteiger charge is -2.31. The van der Waals surface area contributed by atoms with Gasteiger partial charge in [-0.05, 0) is 43.7 Å². The summed E-state index contributed by atoms with van der Waals surface area (Å²) in [6, 6.07) is 10.6. The van der Waals surface area contributed by atoms with E-state index in [4.69, 9.17) is 4.74 Å². The van der Waals surface area contributed by atoms with Gasteiger partial charge in [0.1, 0.15) is 5.75 Å². The third-order valence-corrected chi connectivity index (χ3v) is 5.86. The number of para-hydroxylation sites is 1. The molecule has 1 aromatic heterocycles. The standard InChI is InChI=1S/C19H26N4OS/c1-15-9-11-22(12-10-15)18-20-21-19(23(18)16-7-8-16)25-14-13-24-17-5-3-2-4-6-17/h2-6,15-16H,7-14H2,1H3. The Morgan fingerprint density at radius 1 is 1.08 bits per heavy atom. The number of aromatic nitrogens is 3. The summed E-state index contributed by atoms with van der Waals surface area (Å²) in [4.78, 5) is 2.43. The molecule has 6 heteroatoms. The number of anilines is 1. The quantitative estimate of drug-likeness (QED) is 0.552. The van der Waals surface area contributed by atoms with Crippen LogP contribution in [0.4, 0.5) is 5.95 Å². The fourth-order valence-electron chi connectivity index (χ4n) is 3.25. The van der Waals surface area contributed by atoms with Crippen LogP contribution < -0.4 is 9.64 Å². The van der Waals surface area contributed by atoms with Crippen molar-refractivity contribution < 1.29 is 4.74 Å². The molecule has 0 unspecified atom stereocenters. The maximum Gasteiger partial charge on any atom is 0.228 e.